The molecule has 3 N–H and O–H groups in total. The second kappa shape index (κ2) is 12.4. The lowest BCUT2D eigenvalue weighted by atomic mass is 9.91. The summed E-state index contributed by atoms with van der Waals surface area (Å²) in [4.78, 5) is 28.3. The number of hydrogen-bond acceptors (Lipinski definition) is 4. The topological polar surface area (TPSA) is 90.8 Å². The quantitative estimate of drug-likeness (QED) is 0.279. The molecule has 0 fully saturated rings. The Kier molecular flexibility index (Phi) is 9.07. The largest absolute Gasteiger partial charge is 0.477 e. The molecule has 2 aromatic carbocycles. The van der Waals surface area contributed by atoms with E-state index in [0.717, 1.165) is 18.2 Å². The Hall–Kier alpha value is -4.16. The molecule has 42 heavy (non-hydrogen) atoms. The second-order valence-electron chi connectivity index (χ2n) is 9.98. The summed E-state index contributed by atoms with van der Waals surface area (Å²) in [7, 11) is 0. The lowest BCUT2D eigenvalue weighted by Crippen LogP contribution is -2.46. The number of rotatable bonds is 9. The van der Waals surface area contributed by atoms with E-state index in [2.05, 4.69) is 10.3 Å². The van der Waals surface area contributed by atoms with Gasteiger partial charge in [-0.25, -0.2) is 13.6 Å². The lowest BCUT2D eigenvalue weighted by Gasteiger charge is -2.25. The van der Waals surface area contributed by atoms with Crippen molar-refractivity contribution in [3.8, 4) is 0 Å². The molecule has 0 saturated carbocycles. The first-order valence-electron chi connectivity index (χ1n) is 13.0. The van der Waals surface area contributed by atoms with Crippen LogP contribution in [0.2, 0.25) is 0 Å². The smallest absolute Gasteiger partial charge is 0.412 e. The highest BCUT2D eigenvalue weighted by Crippen LogP contribution is 2.34. The van der Waals surface area contributed by atoms with Crippen LogP contribution in [-0.2, 0) is 4.79 Å². The highest BCUT2D eigenvalue weighted by atomic mass is 19.4. The maximum Gasteiger partial charge on any atom is 0.412 e. The minimum atomic E-state index is -4.85. The van der Waals surface area contributed by atoms with E-state index in [1.54, 1.807) is 0 Å². The Bertz CT molecular complexity index is 1420. The number of alkyl halides is 6. The monoisotopic (exact) mass is 597 g/mol. The summed E-state index contributed by atoms with van der Waals surface area (Å²) in [5.41, 5.74) is 1.04. The van der Waals surface area contributed by atoms with E-state index in [4.69, 9.17) is 5.11 Å². The minimum absolute atomic E-state index is 0.0863. The molecule has 2 aromatic rings. The van der Waals surface area contributed by atoms with E-state index >= 15 is 0 Å². The van der Waals surface area contributed by atoms with Gasteiger partial charge in [0.05, 0.1) is 17.1 Å². The van der Waals surface area contributed by atoms with Crippen LogP contribution in [0.4, 0.5) is 42.1 Å². The summed E-state index contributed by atoms with van der Waals surface area (Å²) in [5.74, 6) is -8.24. The SMILES string of the molecule is O=C(N[C@H](C1=CCC(F)C=C1)C(F)(F)F)c1ccc2c(c1)NCC(CCCC(F)(F)C(=O)O)C(c1ccc(F)cc1)=N2. The number of nitrogens with one attached hydrogen (secondary N) is 2. The summed E-state index contributed by atoms with van der Waals surface area (Å²) >= 11 is 0. The third kappa shape index (κ3) is 7.37. The van der Waals surface area contributed by atoms with Crippen molar-refractivity contribution in [1.82, 2.24) is 5.32 Å². The van der Waals surface area contributed by atoms with Crippen molar-refractivity contribution in [2.75, 3.05) is 11.9 Å². The number of hydrogen-bond donors (Lipinski definition) is 3. The van der Waals surface area contributed by atoms with Crippen molar-refractivity contribution in [1.29, 1.82) is 0 Å². The molecule has 1 aliphatic heterocycles. The number of carboxylic acid groups (broad SMARTS) is 1. The molecular weight excluding hydrogens is 571 g/mol. The van der Waals surface area contributed by atoms with Crippen LogP contribution in [0.1, 0.15) is 41.6 Å². The van der Waals surface area contributed by atoms with E-state index < -0.39 is 54.3 Å². The van der Waals surface area contributed by atoms with Crippen LogP contribution in [-0.4, -0.2) is 53.6 Å². The van der Waals surface area contributed by atoms with E-state index in [1.165, 1.54) is 42.5 Å². The van der Waals surface area contributed by atoms with Crippen LogP contribution in [0.3, 0.4) is 0 Å². The summed E-state index contributed by atoms with van der Waals surface area (Å²) in [6.07, 6.45) is -4.45. The van der Waals surface area contributed by atoms with Crippen molar-refractivity contribution in [2.24, 2.45) is 10.9 Å². The maximum atomic E-state index is 13.8. The van der Waals surface area contributed by atoms with Gasteiger partial charge in [-0.15, -0.1) is 0 Å². The van der Waals surface area contributed by atoms with Crippen molar-refractivity contribution < 1.29 is 45.4 Å². The summed E-state index contributed by atoms with van der Waals surface area (Å²) < 4.78 is 95.6. The Morgan fingerprint density at radius 1 is 1.10 bits per heavy atom. The molecule has 4 rings (SSSR count). The van der Waals surface area contributed by atoms with E-state index in [9.17, 15) is 40.3 Å². The lowest BCUT2D eigenvalue weighted by molar-refractivity contribution is -0.165. The van der Waals surface area contributed by atoms with Gasteiger partial charge in [-0.1, -0.05) is 30.4 Å². The van der Waals surface area contributed by atoms with Crippen LogP contribution >= 0.6 is 0 Å². The predicted octanol–water partition coefficient (Wildman–Crippen LogP) is 6.76. The molecule has 224 valence electrons. The van der Waals surface area contributed by atoms with Crippen LogP contribution < -0.4 is 10.6 Å². The molecule has 0 saturated heterocycles. The zero-order chi connectivity index (χ0) is 30.7. The van der Waals surface area contributed by atoms with E-state index in [1.807, 2.05) is 5.32 Å². The standard InChI is InChI=1S/C29H26F7N3O3/c30-20-8-3-16(4-9-20)24-19(2-1-13-28(32,33)27(41)42)15-37-23-14-18(7-12-22(23)38-24)26(40)39-25(29(34,35)36)17-5-10-21(31)11-6-17/h3-10,12,14,19,21,25,37H,1-2,11,13,15H2,(H,39,40)(H,41,42)/t19?,21?,25-/m1/s1. The summed E-state index contributed by atoms with van der Waals surface area (Å²) in [6.45, 7) is 0.0974. The first kappa shape index (κ1) is 30.8. The van der Waals surface area contributed by atoms with Gasteiger partial charge in [-0.2, -0.15) is 22.0 Å². The van der Waals surface area contributed by atoms with Gasteiger partial charge in [-0.3, -0.25) is 9.79 Å². The Balaban J connectivity index is 1.59. The van der Waals surface area contributed by atoms with Crippen LogP contribution in [0.5, 0.6) is 0 Å². The van der Waals surface area contributed by atoms with Gasteiger partial charge < -0.3 is 15.7 Å². The fraction of sp³-hybridized carbons (Fsp3) is 0.345. The van der Waals surface area contributed by atoms with Crippen LogP contribution in [0.15, 0.2) is 71.3 Å². The number of anilines is 1. The molecule has 1 aliphatic carbocycles. The third-order valence-corrected chi connectivity index (χ3v) is 6.93. The first-order valence-corrected chi connectivity index (χ1v) is 13.0. The molecule has 6 nitrogen and oxygen atoms in total. The molecule has 13 heteroatoms. The fourth-order valence-electron chi connectivity index (χ4n) is 4.70. The molecule has 0 bridgehead atoms. The van der Waals surface area contributed by atoms with Gasteiger partial charge in [0.25, 0.3) is 5.91 Å². The van der Waals surface area contributed by atoms with Gasteiger partial charge in [0.15, 0.2) is 6.04 Å². The van der Waals surface area contributed by atoms with Crippen molar-refractivity contribution in [2.45, 2.75) is 50.0 Å². The average Bonchev–Trinajstić information content (AvgIpc) is 3.11. The van der Waals surface area contributed by atoms with Crippen molar-refractivity contribution in [3.63, 3.8) is 0 Å². The minimum Gasteiger partial charge on any atom is -0.477 e. The number of carboxylic acids is 1. The van der Waals surface area contributed by atoms with Gasteiger partial charge in [0.1, 0.15) is 12.0 Å². The highest BCUT2D eigenvalue weighted by molar-refractivity contribution is 6.06. The molecule has 0 aromatic heterocycles. The van der Waals surface area contributed by atoms with E-state index in [0.29, 0.717) is 17.0 Å². The number of benzene rings is 2. The molecular formula is C29H26F7N3O3. The highest BCUT2D eigenvalue weighted by Gasteiger charge is 2.43. The second-order valence-corrected chi connectivity index (χ2v) is 9.98. The van der Waals surface area contributed by atoms with Crippen LogP contribution in [0.25, 0.3) is 0 Å². The molecule has 1 heterocycles. The first-order chi connectivity index (χ1) is 19.7. The number of carbonyl (C=O) groups excluding carboxylic acids is 1. The van der Waals surface area contributed by atoms with Gasteiger partial charge >= 0.3 is 18.1 Å². The number of nitrogens with zero attached hydrogens (tertiary/aromatic N) is 1. The van der Waals surface area contributed by atoms with Crippen LogP contribution in [0, 0.1) is 11.7 Å². The molecule has 2 aliphatic rings. The molecule has 0 radical (unpaired) electrons. The fourth-order valence-corrected chi connectivity index (χ4v) is 4.70. The molecule has 1 amide bonds. The van der Waals surface area contributed by atoms with Gasteiger partial charge in [0, 0.05) is 30.9 Å². The maximum absolute atomic E-state index is 13.8. The summed E-state index contributed by atoms with van der Waals surface area (Å²) in [6, 6.07) is 6.91. The Morgan fingerprint density at radius 2 is 1.81 bits per heavy atom. The number of aliphatic imine (C=N–C) groups is 1. The number of aliphatic carboxylic acids is 1. The third-order valence-electron chi connectivity index (χ3n) is 6.93. The predicted molar refractivity (Wildman–Crippen MR) is 141 cm³/mol. The van der Waals surface area contributed by atoms with Gasteiger partial charge in [-0.05, 0) is 54.3 Å². The number of fused-ring (bicyclic) bond motifs is 1. The number of carbonyl (C=O) groups is 2. The van der Waals surface area contributed by atoms with Crippen molar-refractivity contribution >= 4 is 29.0 Å². The number of allylic oxidation sites excluding steroid dienone is 2. The normalized spacial score (nSPS) is 19.5. The Morgan fingerprint density at radius 3 is 2.43 bits per heavy atom. The molecule has 2 unspecified atom stereocenters. The number of halogens is 7. The zero-order valence-electron chi connectivity index (χ0n) is 21.9. The summed E-state index contributed by atoms with van der Waals surface area (Å²) in [5, 5.41) is 13.7. The zero-order valence-corrected chi connectivity index (χ0v) is 21.9. The van der Waals surface area contributed by atoms with E-state index in [-0.39, 0.29) is 42.6 Å². The average molecular weight is 598 g/mol. The molecule has 0 spiro atoms. The number of amides is 1. The van der Waals surface area contributed by atoms with Crippen molar-refractivity contribution in [3.05, 3.63) is 83.2 Å². The molecule has 3 atom stereocenters. The Labute approximate surface area is 236 Å². The van der Waals surface area contributed by atoms with Gasteiger partial charge in [0.2, 0.25) is 0 Å².